The number of nitrogens with two attached hydrogens (primary N) is 1. The van der Waals surface area contributed by atoms with Gasteiger partial charge in [-0.3, -0.25) is 0 Å². The third kappa shape index (κ3) is 2.63. The Labute approximate surface area is 45.9 Å². The molecule has 0 aliphatic heterocycles. The summed E-state index contributed by atoms with van der Waals surface area (Å²) in [6.45, 7) is 7.01. The molecule has 2 N–H and O–H groups in total. The van der Waals surface area contributed by atoms with Crippen molar-refractivity contribution in [2.45, 2.75) is 20.8 Å². The van der Waals surface area contributed by atoms with E-state index in [2.05, 4.69) is 20.3 Å². The predicted molar refractivity (Wildman–Crippen MR) is 32.8 cm³/mol. The molecule has 0 saturated carbocycles. The number of rotatable bonds is 2. The molecule has 0 amide bonds. The van der Waals surface area contributed by atoms with E-state index in [0.29, 0.717) is 0 Å². The van der Waals surface area contributed by atoms with Gasteiger partial charge < -0.3 is 5.73 Å². The van der Waals surface area contributed by atoms with Gasteiger partial charge in [-0.2, -0.15) is 0 Å². The summed E-state index contributed by atoms with van der Waals surface area (Å²) < 4.78 is 0. The summed E-state index contributed by atoms with van der Waals surface area (Å²) in [5, 5.41) is 0. The molecule has 1 nitrogen and oxygen atoms in total. The van der Waals surface area contributed by atoms with Gasteiger partial charge in [-0.1, -0.05) is 20.8 Å². The van der Waals surface area contributed by atoms with Crippen LogP contribution in [0.1, 0.15) is 20.8 Å². The Morgan fingerprint density at radius 3 is 2.00 bits per heavy atom. The summed E-state index contributed by atoms with van der Waals surface area (Å²) >= 11 is 0. The fraction of sp³-hybridized carbons (Fsp3) is 0.833. The Morgan fingerprint density at radius 2 is 2.00 bits per heavy atom. The van der Waals surface area contributed by atoms with Crippen LogP contribution in [0.3, 0.4) is 0 Å². The fourth-order valence-electron chi connectivity index (χ4n) is 0.118. The Balaban J connectivity index is 3.36. The maximum atomic E-state index is 5.39. The van der Waals surface area contributed by atoms with Gasteiger partial charge >= 0.3 is 0 Å². The summed E-state index contributed by atoms with van der Waals surface area (Å²) in [5.74, 6) is 0. The van der Waals surface area contributed by atoms with Crippen molar-refractivity contribution in [2.24, 2.45) is 11.1 Å². The van der Waals surface area contributed by atoms with Gasteiger partial charge in [0.2, 0.25) is 0 Å². The monoisotopic (exact) mass is 100 g/mol. The van der Waals surface area contributed by atoms with Gasteiger partial charge in [0.05, 0.1) is 0 Å². The quantitative estimate of drug-likeness (QED) is 0.554. The lowest BCUT2D eigenvalue weighted by Gasteiger charge is -2.18. The second-order valence-electron chi connectivity index (χ2n) is 2.48. The van der Waals surface area contributed by atoms with E-state index in [1.165, 1.54) is 0 Å². The standard InChI is InChI=1S/C6H14N/c1-4-6(2,3)5-7/h4H,5,7H2,1-3H3. The second kappa shape index (κ2) is 2.31. The van der Waals surface area contributed by atoms with Crippen LogP contribution in [0.25, 0.3) is 0 Å². The molecule has 0 spiro atoms. The molecule has 0 atom stereocenters. The molecule has 0 rings (SSSR count). The molecule has 0 aliphatic carbocycles. The maximum absolute atomic E-state index is 5.39. The molecule has 1 radical (unpaired) electrons. The Bertz CT molecular complexity index is 42.1. The van der Waals surface area contributed by atoms with Crippen LogP contribution in [-0.2, 0) is 0 Å². The van der Waals surface area contributed by atoms with E-state index in [4.69, 9.17) is 5.73 Å². The van der Waals surface area contributed by atoms with Crippen LogP contribution >= 0.6 is 0 Å². The van der Waals surface area contributed by atoms with Crippen molar-refractivity contribution < 1.29 is 0 Å². The minimum absolute atomic E-state index is 0.236. The topological polar surface area (TPSA) is 26.0 Å². The lowest BCUT2D eigenvalue weighted by Crippen LogP contribution is -2.22. The predicted octanol–water partition coefficient (Wildman–Crippen LogP) is 1.20. The zero-order valence-corrected chi connectivity index (χ0v) is 5.36. The van der Waals surface area contributed by atoms with E-state index in [0.717, 1.165) is 6.54 Å². The van der Waals surface area contributed by atoms with Gasteiger partial charge in [-0.25, -0.2) is 0 Å². The minimum Gasteiger partial charge on any atom is -0.330 e. The van der Waals surface area contributed by atoms with Gasteiger partial charge in [-0.15, -0.1) is 0 Å². The van der Waals surface area contributed by atoms with Gasteiger partial charge in [0.1, 0.15) is 0 Å². The van der Waals surface area contributed by atoms with Gasteiger partial charge in [0.15, 0.2) is 0 Å². The van der Waals surface area contributed by atoms with Crippen molar-refractivity contribution in [3.8, 4) is 0 Å². The van der Waals surface area contributed by atoms with Crippen molar-refractivity contribution in [2.75, 3.05) is 6.54 Å². The van der Waals surface area contributed by atoms with E-state index in [-0.39, 0.29) is 5.41 Å². The fourth-order valence-corrected chi connectivity index (χ4v) is 0.118. The first-order chi connectivity index (χ1) is 3.12. The lowest BCUT2D eigenvalue weighted by atomic mass is 9.91. The van der Waals surface area contributed by atoms with E-state index in [1.54, 1.807) is 0 Å². The largest absolute Gasteiger partial charge is 0.330 e. The van der Waals surface area contributed by atoms with Gasteiger partial charge in [0, 0.05) is 0 Å². The summed E-state index contributed by atoms with van der Waals surface area (Å²) in [5.41, 5.74) is 5.62. The molecule has 0 saturated heterocycles. The first-order valence-corrected chi connectivity index (χ1v) is 2.63. The molecule has 0 aromatic carbocycles. The Kier molecular flexibility index (Phi) is 2.30. The molecule has 0 fully saturated rings. The van der Waals surface area contributed by atoms with Crippen LogP contribution in [0, 0.1) is 11.8 Å². The lowest BCUT2D eigenvalue weighted by molar-refractivity contribution is 0.453. The Morgan fingerprint density at radius 1 is 1.57 bits per heavy atom. The zero-order valence-electron chi connectivity index (χ0n) is 5.36. The average Bonchev–Trinajstić information content (AvgIpc) is 1.68. The van der Waals surface area contributed by atoms with Crippen LogP contribution in [0.15, 0.2) is 0 Å². The summed E-state index contributed by atoms with van der Waals surface area (Å²) in [6.07, 6.45) is 2.12. The summed E-state index contributed by atoms with van der Waals surface area (Å²) in [4.78, 5) is 0. The summed E-state index contributed by atoms with van der Waals surface area (Å²) in [7, 11) is 0. The molecule has 0 heterocycles. The van der Waals surface area contributed by atoms with Crippen LogP contribution in [0.2, 0.25) is 0 Å². The van der Waals surface area contributed by atoms with Crippen molar-refractivity contribution >= 4 is 0 Å². The van der Waals surface area contributed by atoms with Crippen molar-refractivity contribution in [3.63, 3.8) is 0 Å². The molecular formula is C6H14N. The molecule has 43 valence electrons. The third-order valence-corrected chi connectivity index (χ3v) is 1.31. The highest BCUT2D eigenvalue weighted by molar-refractivity contribution is 4.80. The third-order valence-electron chi connectivity index (χ3n) is 1.31. The van der Waals surface area contributed by atoms with E-state index in [9.17, 15) is 0 Å². The highest BCUT2D eigenvalue weighted by Gasteiger charge is 2.10. The molecule has 0 aliphatic rings. The van der Waals surface area contributed by atoms with E-state index >= 15 is 0 Å². The summed E-state index contributed by atoms with van der Waals surface area (Å²) in [6, 6.07) is 0. The van der Waals surface area contributed by atoms with Crippen molar-refractivity contribution in [3.05, 3.63) is 6.42 Å². The van der Waals surface area contributed by atoms with Gasteiger partial charge in [-0.05, 0) is 18.4 Å². The SMILES string of the molecule is C[CH]C(C)(C)CN. The van der Waals surface area contributed by atoms with Crippen molar-refractivity contribution in [1.29, 1.82) is 0 Å². The molecule has 0 unspecified atom stereocenters. The first kappa shape index (κ1) is 6.96. The normalized spacial score (nSPS) is 12.0. The molecule has 0 aromatic rings. The van der Waals surface area contributed by atoms with Gasteiger partial charge in [0.25, 0.3) is 0 Å². The molecule has 7 heavy (non-hydrogen) atoms. The molecule has 1 heteroatoms. The average molecular weight is 100 g/mol. The molecular weight excluding hydrogens is 86.1 g/mol. The molecule has 0 aromatic heterocycles. The number of hydrogen-bond acceptors (Lipinski definition) is 1. The van der Waals surface area contributed by atoms with E-state index < -0.39 is 0 Å². The van der Waals surface area contributed by atoms with Crippen LogP contribution < -0.4 is 5.73 Å². The van der Waals surface area contributed by atoms with Crippen molar-refractivity contribution in [1.82, 2.24) is 0 Å². The van der Waals surface area contributed by atoms with E-state index in [1.807, 2.05) is 6.92 Å². The highest BCUT2D eigenvalue weighted by atomic mass is 14.6. The highest BCUT2D eigenvalue weighted by Crippen LogP contribution is 2.14. The minimum atomic E-state index is 0.236. The van der Waals surface area contributed by atoms with Crippen LogP contribution in [-0.4, -0.2) is 6.54 Å². The van der Waals surface area contributed by atoms with Crippen LogP contribution in [0.5, 0.6) is 0 Å². The second-order valence-corrected chi connectivity index (χ2v) is 2.48. The van der Waals surface area contributed by atoms with Crippen LogP contribution in [0.4, 0.5) is 0 Å². The smallest absolute Gasteiger partial charge is 0.00232 e. The zero-order chi connectivity index (χ0) is 5.91. The number of hydrogen-bond donors (Lipinski definition) is 1. The molecule has 0 bridgehead atoms. The Hall–Kier alpha value is -0.0400. The maximum Gasteiger partial charge on any atom is -0.00232 e. The first-order valence-electron chi connectivity index (χ1n) is 2.63.